The number of alkyl halides is 2. The highest BCUT2D eigenvalue weighted by atomic mass is 19.3. The van der Waals surface area contributed by atoms with E-state index in [4.69, 9.17) is 5.11 Å². The lowest BCUT2D eigenvalue weighted by atomic mass is 9.84. The number of hydrogen-bond donors (Lipinski definition) is 3. The number of hydrogen-bond acceptors (Lipinski definition) is 2. The molecule has 18 heavy (non-hydrogen) atoms. The monoisotopic (exact) mass is 264 g/mol. The Morgan fingerprint density at radius 1 is 1.22 bits per heavy atom. The maximum Gasteiger partial charge on any atom is 0.326 e. The Hall–Kier alpha value is -1.40. The Balaban J connectivity index is 2.46. The minimum atomic E-state index is -2.64. The summed E-state index contributed by atoms with van der Waals surface area (Å²) >= 11 is 0. The Kier molecular flexibility index (Phi) is 5.80. The molecule has 104 valence electrons. The van der Waals surface area contributed by atoms with Gasteiger partial charge >= 0.3 is 12.0 Å². The summed E-state index contributed by atoms with van der Waals surface area (Å²) in [6.07, 6.45) is 1.79. The largest absolute Gasteiger partial charge is 0.480 e. The van der Waals surface area contributed by atoms with Crippen molar-refractivity contribution in [2.45, 2.75) is 44.6 Å². The molecule has 0 radical (unpaired) electrons. The molecule has 7 heteroatoms. The number of carboxylic acids is 1. The van der Waals surface area contributed by atoms with E-state index in [2.05, 4.69) is 5.32 Å². The summed E-state index contributed by atoms with van der Waals surface area (Å²) in [6, 6.07) is -1.85. The van der Waals surface area contributed by atoms with Crippen molar-refractivity contribution in [3.8, 4) is 0 Å². The third-order valence-electron chi connectivity index (χ3n) is 3.09. The average molecular weight is 264 g/mol. The van der Waals surface area contributed by atoms with Gasteiger partial charge in [0.2, 0.25) is 0 Å². The number of urea groups is 1. The van der Waals surface area contributed by atoms with Crippen molar-refractivity contribution < 1.29 is 23.5 Å². The molecule has 1 unspecified atom stereocenters. The number of nitrogens with one attached hydrogen (secondary N) is 2. The quantitative estimate of drug-likeness (QED) is 0.705. The molecule has 0 saturated heterocycles. The van der Waals surface area contributed by atoms with Crippen LogP contribution in [0.15, 0.2) is 0 Å². The molecule has 0 aromatic carbocycles. The molecular formula is C11H18F2N2O3. The third-order valence-corrected chi connectivity index (χ3v) is 3.09. The van der Waals surface area contributed by atoms with E-state index < -0.39 is 31.0 Å². The van der Waals surface area contributed by atoms with Gasteiger partial charge in [-0.05, 0) is 18.8 Å². The molecule has 1 atom stereocenters. The van der Waals surface area contributed by atoms with Crippen LogP contribution in [0.1, 0.15) is 32.1 Å². The second kappa shape index (κ2) is 7.13. The predicted octanol–water partition coefficient (Wildman–Crippen LogP) is 1.58. The summed E-state index contributed by atoms with van der Waals surface area (Å²) in [5, 5.41) is 13.3. The zero-order valence-electron chi connectivity index (χ0n) is 9.99. The lowest BCUT2D eigenvalue weighted by molar-refractivity contribution is -0.141. The molecule has 0 aromatic heterocycles. The summed E-state index contributed by atoms with van der Waals surface area (Å²) in [4.78, 5) is 22.4. The minimum Gasteiger partial charge on any atom is -0.480 e. The Labute approximate surface area is 104 Å². The van der Waals surface area contributed by atoms with Gasteiger partial charge in [-0.2, -0.15) is 0 Å². The zero-order valence-corrected chi connectivity index (χ0v) is 9.99. The number of rotatable bonds is 5. The SMILES string of the molecule is O=C(NCC(F)F)NC(C(=O)O)C1CCCCC1. The smallest absolute Gasteiger partial charge is 0.326 e. The number of carbonyl (C=O) groups excluding carboxylic acids is 1. The second-order valence-corrected chi connectivity index (χ2v) is 4.46. The van der Waals surface area contributed by atoms with Gasteiger partial charge < -0.3 is 15.7 Å². The van der Waals surface area contributed by atoms with Crippen molar-refractivity contribution in [2.24, 2.45) is 5.92 Å². The van der Waals surface area contributed by atoms with Gasteiger partial charge in [0.15, 0.2) is 0 Å². The van der Waals surface area contributed by atoms with Crippen molar-refractivity contribution in [1.29, 1.82) is 0 Å². The van der Waals surface area contributed by atoms with Crippen LogP contribution in [0.3, 0.4) is 0 Å². The Morgan fingerprint density at radius 3 is 2.33 bits per heavy atom. The molecule has 5 nitrogen and oxygen atoms in total. The zero-order chi connectivity index (χ0) is 13.5. The van der Waals surface area contributed by atoms with Crippen LogP contribution >= 0.6 is 0 Å². The van der Waals surface area contributed by atoms with Crippen LogP contribution in [-0.4, -0.2) is 36.1 Å². The van der Waals surface area contributed by atoms with Crippen molar-refractivity contribution in [3.05, 3.63) is 0 Å². The van der Waals surface area contributed by atoms with Gasteiger partial charge in [-0.15, -0.1) is 0 Å². The van der Waals surface area contributed by atoms with Crippen molar-refractivity contribution in [1.82, 2.24) is 10.6 Å². The number of aliphatic carboxylic acids is 1. The molecule has 0 spiro atoms. The first-order valence-corrected chi connectivity index (χ1v) is 6.06. The molecule has 2 amide bonds. The normalized spacial score (nSPS) is 18.4. The third kappa shape index (κ3) is 4.85. The summed E-state index contributed by atoms with van der Waals surface area (Å²) in [5.41, 5.74) is 0. The van der Waals surface area contributed by atoms with Gasteiger partial charge in [-0.25, -0.2) is 18.4 Å². The molecular weight excluding hydrogens is 246 g/mol. The molecule has 1 saturated carbocycles. The molecule has 1 fully saturated rings. The molecule has 0 aliphatic heterocycles. The van der Waals surface area contributed by atoms with Crippen molar-refractivity contribution in [2.75, 3.05) is 6.54 Å². The molecule has 0 bridgehead atoms. The maximum absolute atomic E-state index is 11.9. The fourth-order valence-electron chi connectivity index (χ4n) is 2.21. The van der Waals surface area contributed by atoms with Crippen LogP contribution in [0.5, 0.6) is 0 Å². The van der Waals surface area contributed by atoms with E-state index in [9.17, 15) is 18.4 Å². The van der Waals surface area contributed by atoms with Gasteiger partial charge in [0.25, 0.3) is 6.43 Å². The first-order chi connectivity index (χ1) is 8.50. The van der Waals surface area contributed by atoms with Crippen molar-refractivity contribution in [3.63, 3.8) is 0 Å². The van der Waals surface area contributed by atoms with Crippen LogP contribution in [0.25, 0.3) is 0 Å². The summed E-state index contributed by atoms with van der Waals surface area (Å²) in [6.45, 7) is -0.775. The number of amides is 2. The molecule has 3 N–H and O–H groups in total. The standard InChI is InChI=1S/C11H18F2N2O3/c12-8(13)6-14-11(18)15-9(10(16)17)7-4-2-1-3-5-7/h7-9H,1-6H2,(H,16,17)(H2,14,15,18). The molecule has 0 aromatic rings. The predicted molar refractivity (Wildman–Crippen MR) is 60.5 cm³/mol. The molecule has 1 rings (SSSR count). The van der Waals surface area contributed by atoms with Crippen LogP contribution in [-0.2, 0) is 4.79 Å². The Bertz CT molecular complexity index is 294. The molecule has 1 aliphatic rings. The number of halogens is 2. The fraction of sp³-hybridized carbons (Fsp3) is 0.818. The fourth-order valence-corrected chi connectivity index (χ4v) is 2.21. The topological polar surface area (TPSA) is 78.4 Å². The van der Waals surface area contributed by atoms with E-state index in [0.717, 1.165) is 32.1 Å². The van der Waals surface area contributed by atoms with Gasteiger partial charge in [0.1, 0.15) is 6.04 Å². The van der Waals surface area contributed by atoms with E-state index in [1.165, 1.54) is 0 Å². The second-order valence-electron chi connectivity index (χ2n) is 4.46. The number of carboxylic acid groups (broad SMARTS) is 1. The highest BCUT2D eigenvalue weighted by Gasteiger charge is 2.30. The highest BCUT2D eigenvalue weighted by Crippen LogP contribution is 2.26. The van der Waals surface area contributed by atoms with Gasteiger partial charge in [0.05, 0.1) is 6.54 Å². The first kappa shape index (κ1) is 14.7. The van der Waals surface area contributed by atoms with Gasteiger partial charge in [-0.1, -0.05) is 19.3 Å². The summed E-state index contributed by atoms with van der Waals surface area (Å²) in [7, 11) is 0. The van der Waals surface area contributed by atoms with Crippen LogP contribution < -0.4 is 10.6 Å². The van der Waals surface area contributed by atoms with Crippen molar-refractivity contribution >= 4 is 12.0 Å². The molecule has 1 aliphatic carbocycles. The average Bonchev–Trinajstić information content (AvgIpc) is 2.34. The van der Waals surface area contributed by atoms with Crippen LogP contribution in [0.2, 0.25) is 0 Å². The van der Waals surface area contributed by atoms with Gasteiger partial charge in [-0.3, -0.25) is 0 Å². The van der Waals surface area contributed by atoms with Crippen LogP contribution in [0, 0.1) is 5.92 Å². The molecule has 0 heterocycles. The lowest BCUT2D eigenvalue weighted by Gasteiger charge is -2.28. The lowest BCUT2D eigenvalue weighted by Crippen LogP contribution is -2.50. The minimum absolute atomic E-state index is 0.117. The summed E-state index contributed by atoms with van der Waals surface area (Å²) < 4.78 is 23.8. The van der Waals surface area contributed by atoms with E-state index >= 15 is 0 Å². The number of carbonyl (C=O) groups is 2. The van der Waals surface area contributed by atoms with E-state index in [1.54, 1.807) is 0 Å². The van der Waals surface area contributed by atoms with E-state index in [1.807, 2.05) is 5.32 Å². The van der Waals surface area contributed by atoms with Crippen LogP contribution in [0.4, 0.5) is 13.6 Å². The Morgan fingerprint density at radius 2 is 1.83 bits per heavy atom. The van der Waals surface area contributed by atoms with Gasteiger partial charge in [0, 0.05) is 0 Å². The highest BCUT2D eigenvalue weighted by molar-refractivity contribution is 5.82. The first-order valence-electron chi connectivity index (χ1n) is 6.06. The summed E-state index contributed by atoms with van der Waals surface area (Å²) in [5.74, 6) is -1.23. The maximum atomic E-state index is 11.9. The van der Waals surface area contributed by atoms with E-state index in [-0.39, 0.29) is 5.92 Å². The van der Waals surface area contributed by atoms with E-state index in [0.29, 0.717) is 0 Å².